The second-order valence-corrected chi connectivity index (χ2v) is 3.97. The van der Waals surface area contributed by atoms with E-state index < -0.39 is 0 Å². The minimum atomic E-state index is -0.104. The first-order valence-electron chi connectivity index (χ1n) is 5.86. The zero-order chi connectivity index (χ0) is 12.7. The number of allylic oxidation sites excluding steroid dienone is 1. The predicted molar refractivity (Wildman–Crippen MR) is 63.0 cm³/mol. The van der Waals surface area contributed by atoms with Crippen molar-refractivity contribution in [2.45, 2.75) is 32.1 Å². The monoisotopic (exact) mass is 238 g/mol. The molecule has 0 atom stereocenters. The molecule has 0 spiro atoms. The normalized spacial score (nSPS) is 15.2. The Morgan fingerprint density at radius 3 is 2.59 bits per heavy atom. The second kappa shape index (κ2) is 6.83. The Morgan fingerprint density at radius 2 is 2.00 bits per heavy atom. The molecule has 1 heterocycles. The molecule has 1 saturated heterocycles. The van der Waals surface area contributed by atoms with Crippen LogP contribution in [0.5, 0.6) is 0 Å². The molecule has 5 nitrogen and oxygen atoms in total. The Morgan fingerprint density at radius 1 is 1.35 bits per heavy atom. The number of amides is 3. The quantitative estimate of drug-likeness (QED) is 0.401. The van der Waals surface area contributed by atoms with Gasteiger partial charge in [-0.1, -0.05) is 6.08 Å². The molecule has 3 amide bonds. The van der Waals surface area contributed by atoms with Gasteiger partial charge >= 0.3 is 0 Å². The largest absolute Gasteiger partial charge is 0.356 e. The van der Waals surface area contributed by atoms with Crippen molar-refractivity contribution >= 4 is 17.7 Å². The van der Waals surface area contributed by atoms with Crippen molar-refractivity contribution in [2.75, 3.05) is 13.1 Å². The lowest BCUT2D eigenvalue weighted by Gasteiger charge is -2.13. The van der Waals surface area contributed by atoms with Gasteiger partial charge in [-0.3, -0.25) is 19.3 Å². The molecule has 0 aromatic heterocycles. The summed E-state index contributed by atoms with van der Waals surface area (Å²) in [6, 6.07) is 0. The molecule has 0 aliphatic carbocycles. The van der Waals surface area contributed by atoms with E-state index in [0.29, 0.717) is 45.2 Å². The molecule has 0 saturated carbocycles. The molecule has 1 rings (SSSR count). The third-order valence-corrected chi connectivity index (χ3v) is 2.61. The summed E-state index contributed by atoms with van der Waals surface area (Å²) in [5, 5.41) is 2.74. The molecule has 94 valence electrons. The summed E-state index contributed by atoms with van der Waals surface area (Å²) >= 11 is 0. The van der Waals surface area contributed by atoms with Crippen LogP contribution in [0.3, 0.4) is 0 Å². The van der Waals surface area contributed by atoms with Gasteiger partial charge < -0.3 is 5.32 Å². The van der Waals surface area contributed by atoms with E-state index in [0.717, 1.165) is 0 Å². The first kappa shape index (κ1) is 13.4. The van der Waals surface area contributed by atoms with Gasteiger partial charge in [0.25, 0.3) is 0 Å². The highest BCUT2D eigenvalue weighted by Gasteiger charge is 2.27. The molecular formula is C12H18N2O3. The van der Waals surface area contributed by atoms with Gasteiger partial charge in [-0.15, -0.1) is 6.58 Å². The summed E-state index contributed by atoms with van der Waals surface area (Å²) in [5.41, 5.74) is 0. The molecule has 5 heteroatoms. The summed E-state index contributed by atoms with van der Waals surface area (Å²) in [4.78, 5) is 35.0. The number of nitrogens with zero attached hydrogens (tertiary/aromatic N) is 1. The molecule has 1 aliphatic heterocycles. The average molecular weight is 238 g/mol. The van der Waals surface area contributed by atoms with Gasteiger partial charge in [0, 0.05) is 32.4 Å². The maximum atomic E-state index is 11.3. The molecule has 0 aromatic rings. The van der Waals surface area contributed by atoms with E-state index in [1.807, 2.05) is 0 Å². The Hall–Kier alpha value is -1.65. The predicted octanol–water partition coefficient (Wildman–Crippen LogP) is 0.608. The van der Waals surface area contributed by atoms with Crippen molar-refractivity contribution < 1.29 is 14.4 Å². The lowest BCUT2D eigenvalue weighted by Crippen LogP contribution is -2.33. The van der Waals surface area contributed by atoms with Gasteiger partial charge in [-0.2, -0.15) is 0 Å². The van der Waals surface area contributed by atoms with Crippen LogP contribution < -0.4 is 5.32 Å². The summed E-state index contributed by atoms with van der Waals surface area (Å²) in [5.74, 6) is -0.232. The number of likely N-dealkylation sites (tertiary alicyclic amines) is 1. The van der Waals surface area contributed by atoms with Crippen LogP contribution in [0, 0.1) is 0 Å². The van der Waals surface area contributed by atoms with E-state index >= 15 is 0 Å². The fraction of sp³-hybridized carbons (Fsp3) is 0.583. The molecule has 17 heavy (non-hydrogen) atoms. The van der Waals surface area contributed by atoms with Crippen molar-refractivity contribution in [3.05, 3.63) is 12.7 Å². The van der Waals surface area contributed by atoms with E-state index in [4.69, 9.17) is 0 Å². The fourth-order valence-corrected chi connectivity index (χ4v) is 1.66. The third-order valence-electron chi connectivity index (χ3n) is 2.61. The summed E-state index contributed by atoms with van der Waals surface area (Å²) in [7, 11) is 0. The average Bonchev–Trinajstić information content (AvgIpc) is 2.62. The number of carbonyl (C=O) groups excluding carboxylic acids is 3. The van der Waals surface area contributed by atoms with E-state index in [1.165, 1.54) is 4.90 Å². The lowest BCUT2D eigenvalue weighted by molar-refractivity contribution is -0.138. The third kappa shape index (κ3) is 4.38. The van der Waals surface area contributed by atoms with Gasteiger partial charge in [0.2, 0.25) is 17.7 Å². The maximum absolute atomic E-state index is 11.3. The molecule has 0 unspecified atom stereocenters. The van der Waals surface area contributed by atoms with E-state index in [2.05, 4.69) is 11.9 Å². The first-order valence-corrected chi connectivity index (χ1v) is 5.86. The second-order valence-electron chi connectivity index (χ2n) is 3.97. The lowest BCUT2D eigenvalue weighted by atomic mass is 10.3. The number of nitrogens with one attached hydrogen (secondary N) is 1. The highest BCUT2D eigenvalue weighted by molar-refractivity contribution is 6.01. The van der Waals surface area contributed by atoms with Crippen LogP contribution in [0.25, 0.3) is 0 Å². The van der Waals surface area contributed by atoms with Crippen LogP contribution in [0.2, 0.25) is 0 Å². The smallest absolute Gasteiger partial charge is 0.229 e. The van der Waals surface area contributed by atoms with Crippen molar-refractivity contribution in [1.29, 1.82) is 0 Å². The van der Waals surface area contributed by atoms with Crippen LogP contribution in [-0.4, -0.2) is 35.7 Å². The molecule has 0 radical (unpaired) electrons. The van der Waals surface area contributed by atoms with Crippen molar-refractivity contribution in [3.8, 4) is 0 Å². The van der Waals surface area contributed by atoms with E-state index in [9.17, 15) is 14.4 Å². The van der Waals surface area contributed by atoms with Gasteiger partial charge in [0.15, 0.2) is 0 Å². The Labute approximate surface area is 101 Å². The van der Waals surface area contributed by atoms with Crippen LogP contribution in [0.15, 0.2) is 12.7 Å². The summed E-state index contributed by atoms with van der Waals surface area (Å²) < 4.78 is 0. The van der Waals surface area contributed by atoms with Gasteiger partial charge in [0.05, 0.1) is 0 Å². The van der Waals surface area contributed by atoms with E-state index in [-0.39, 0.29) is 17.7 Å². The molecule has 0 aromatic carbocycles. The number of hydrogen-bond donors (Lipinski definition) is 1. The summed E-state index contributed by atoms with van der Waals surface area (Å²) in [6.45, 7) is 4.43. The maximum Gasteiger partial charge on any atom is 0.229 e. The Kier molecular flexibility index (Phi) is 5.39. The number of rotatable bonds is 7. The number of hydrogen-bond acceptors (Lipinski definition) is 3. The standard InChI is InChI=1S/C12H18N2O3/c1-2-3-5-10(15)13-8-4-9-14-11(16)6-7-12(14)17/h2H,1,3-9H2,(H,13,15). The topological polar surface area (TPSA) is 66.5 Å². The molecular weight excluding hydrogens is 220 g/mol. The highest BCUT2D eigenvalue weighted by atomic mass is 16.2. The van der Waals surface area contributed by atoms with Gasteiger partial charge in [0.1, 0.15) is 0 Å². The van der Waals surface area contributed by atoms with Crippen molar-refractivity contribution in [1.82, 2.24) is 10.2 Å². The fourth-order valence-electron chi connectivity index (χ4n) is 1.66. The first-order chi connectivity index (χ1) is 8.15. The SMILES string of the molecule is C=CCCC(=O)NCCCN1C(=O)CCC1=O. The van der Waals surface area contributed by atoms with Crippen molar-refractivity contribution in [3.63, 3.8) is 0 Å². The molecule has 1 N–H and O–H groups in total. The Balaban J connectivity index is 2.11. The van der Waals surface area contributed by atoms with Crippen LogP contribution in [0.4, 0.5) is 0 Å². The zero-order valence-electron chi connectivity index (χ0n) is 9.91. The Bertz CT molecular complexity index is 310. The minimum Gasteiger partial charge on any atom is -0.356 e. The number of carbonyl (C=O) groups is 3. The van der Waals surface area contributed by atoms with E-state index in [1.54, 1.807) is 6.08 Å². The molecule has 0 bridgehead atoms. The molecule has 1 fully saturated rings. The summed E-state index contributed by atoms with van der Waals surface area (Å²) in [6.07, 6.45) is 4.05. The van der Waals surface area contributed by atoms with Gasteiger partial charge in [-0.25, -0.2) is 0 Å². The minimum absolute atomic E-state index is 0.0241. The molecule has 1 aliphatic rings. The van der Waals surface area contributed by atoms with Crippen LogP contribution in [0.1, 0.15) is 32.1 Å². The zero-order valence-corrected chi connectivity index (χ0v) is 9.91. The number of imide groups is 1. The highest BCUT2D eigenvalue weighted by Crippen LogP contribution is 2.11. The van der Waals surface area contributed by atoms with Crippen molar-refractivity contribution in [2.24, 2.45) is 0 Å². The van der Waals surface area contributed by atoms with Crippen LogP contribution in [-0.2, 0) is 14.4 Å². The van der Waals surface area contributed by atoms with Gasteiger partial charge in [-0.05, 0) is 12.8 Å². The van der Waals surface area contributed by atoms with Crippen LogP contribution >= 0.6 is 0 Å².